The lowest BCUT2D eigenvalue weighted by Crippen LogP contribution is -2.28. The molecule has 0 saturated heterocycles. The Morgan fingerprint density at radius 2 is 1.95 bits per heavy atom. The van der Waals surface area contributed by atoms with Crippen LogP contribution in [0.25, 0.3) is 0 Å². The van der Waals surface area contributed by atoms with E-state index in [2.05, 4.69) is 10.3 Å². The van der Waals surface area contributed by atoms with Crippen molar-refractivity contribution >= 4 is 21.4 Å². The molecule has 0 saturated carbocycles. The van der Waals surface area contributed by atoms with Crippen molar-refractivity contribution in [2.45, 2.75) is 4.90 Å². The van der Waals surface area contributed by atoms with E-state index in [0.29, 0.717) is 5.69 Å². The first-order valence-electron chi connectivity index (χ1n) is 5.83. The minimum atomic E-state index is -3.89. The fourth-order valence-electron chi connectivity index (χ4n) is 1.78. The van der Waals surface area contributed by atoms with Gasteiger partial charge >= 0.3 is 0 Å². The first-order chi connectivity index (χ1) is 9.48. The lowest BCUT2D eigenvalue weighted by atomic mass is 10.3. The van der Waals surface area contributed by atoms with Gasteiger partial charge in [-0.3, -0.25) is 9.29 Å². The molecule has 20 heavy (non-hydrogen) atoms. The third-order valence-corrected chi connectivity index (χ3v) is 4.68. The lowest BCUT2D eigenvalue weighted by molar-refractivity contribution is 0.589. The summed E-state index contributed by atoms with van der Waals surface area (Å²) in [5.41, 5.74) is 0.390. The van der Waals surface area contributed by atoms with Crippen molar-refractivity contribution in [2.24, 2.45) is 0 Å². The first-order valence-corrected chi connectivity index (χ1v) is 7.27. The molecule has 2 aromatic rings. The van der Waals surface area contributed by atoms with Crippen LogP contribution in [0.3, 0.4) is 0 Å². The van der Waals surface area contributed by atoms with Crippen LogP contribution < -0.4 is 9.62 Å². The van der Waals surface area contributed by atoms with Gasteiger partial charge in [0.15, 0.2) is 0 Å². The molecular formula is C13H14FN3O2S. The Bertz CT molecular complexity index is 719. The maximum Gasteiger partial charge on any atom is 0.267 e. The Hall–Kier alpha value is -2.15. The quantitative estimate of drug-likeness (QED) is 0.938. The number of anilines is 2. The second-order valence-corrected chi connectivity index (χ2v) is 5.98. The van der Waals surface area contributed by atoms with E-state index in [1.807, 2.05) is 0 Å². The first kappa shape index (κ1) is 14.3. The Labute approximate surface area is 117 Å². The van der Waals surface area contributed by atoms with Crippen molar-refractivity contribution in [3.05, 3.63) is 48.5 Å². The van der Waals surface area contributed by atoms with Gasteiger partial charge in [-0.05, 0) is 18.2 Å². The maximum absolute atomic E-state index is 13.7. The summed E-state index contributed by atoms with van der Waals surface area (Å²) < 4.78 is 39.7. The third-order valence-electron chi connectivity index (χ3n) is 2.88. The summed E-state index contributed by atoms with van der Waals surface area (Å²) in [6.45, 7) is 0. The predicted octanol–water partition coefficient (Wildman–Crippen LogP) is 2.09. The molecule has 0 atom stereocenters. The van der Waals surface area contributed by atoms with E-state index in [1.54, 1.807) is 19.2 Å². The van der Waals surface area contributed by atoms with E-state index in [0.717, 1.165) is 4.31 Å². The van der Waals surface area contributed by atoms with Gasteiger partial charge in [0.25, 0.3) is 10.0 Å². The molecular weight excluding hydrogens is 281 g/mol. The average molecular weight is 295 g/mol. The van der Waals surface area contributed by atoms with Gasteiger partial charge in [0.05, 0.1) is 11.4 Å². The number of halogens is 1. The average Bonchev–Trinajstić information content (AvgIpc) is 2.47. The molecule has 0 aliphatic heterocycles. The van der Waals surface area contributed by atoms with Crippen LogP contribution in [0.4, 0.5) is 15.8 Å². The number of rotatable bonds is 4. The molecule has 0 unspecified atom stereocenters. The number of sulfonamides is 1. The van der Waals surface area contributed by atoms with Crippen molar-refractivity contribution in [2.75, 3.05) is 23.7 Å². The van der Waals surface area contributed by atoms with E-state index in [9.17, 15) is 12.8 Å². The van der Waals surface area contributed by atoms with Crippen LogP contribution in [-0.2, 0) is 10.0 Å². The molecule has 106 valence electrons. The molecule has 5 nitrogen and oxygen atoms in total. The number of nitrogens with one attached hydrogen (secondary N) is 1. The number of aromatic nitrogens is 1. The minimum Gasteiger partial charge on any atom is -0.387 e. The minimum absolute atomic E-state index is 0.00625. The zero-order valence-electron chi connectivity index (χ0n) is 11.0. The van der Waals surface area contributed by atoms with E-state index >= 15 is 0 Å². The lowest BCUT2D eigenvalue weighted by Gasteiger charge is -2.21. The van der Waals surface area contributed by atoms with Gasteiger partial charge < -0.3 is 5.32 Å². The van der Waals surface area contributed by atoms with Crippen molar-refractivity contribution in [1.29, 1.82) is 0 Å². The number of hydrogen-bond acceptors (Lipinski definition) is 4. The Kier molecular flexibility index (Phi) is 3.89. The summed E-state index contributed by atoms with van der Waals surface area (Å²) in [7, 11) is -0.975. The molecule has 0 fully saturated rings. The number of pyridine rings is 1. The summed E-state index contributed by atoms with van der Waals surface area (Å²) in [6.07, 6.45) is 2.71. The Morgan fingerprint density at radius 3 is 2.60 bits per heavy atom. The number of para-hydroxylation sites is 1. The fourth-order valence-corrected chi connectivity index (χ4v) is 3.12. The van der Waals surface area contributed by atoms with E-state index in [1.165, 1.54) is 37.6 Å². The largest absolute Gasteiger partial charge is 0.387 e. The highest BCUT2D eigenvalue weighted by Gasteiger charge is 2.26. The van der Waals surface area contributed by atoms with E-state index < -0.39 is 15.8 Å². The zero-order chi connectivity index (χ0) is 14.8. The molecule has 1 aromatic carbocycles. The molecule has 0 amide bonds. The van der Waals surface area contributed by atoms with Gasteiger partial charge in [-0.2, -0.15) is 0 Å². The van der Waals surface area contributed by atoms with Gasteiger partial charge in [-0.25, -0.2) is 12.8 Å². The van der Waals surface area contributed by atoms with Gasteiger partial charge in [0.1, 0.15) is 10.7 Å². The second-order valence-electron chi connectivity index (χ2n) is 4.05. The third kappa shape index (κ3) is 2.44. The fraction of sp³-hybridized carbons (Fsp3) is 0.154. The summed E-state index contributed by atoms with van der Waals surface area (Å²) in [5, 5.41) is 2.78. The second kappa shape index (κ2) is 5.46. The molecule has 7 heteroatoms. The molecule has 0 aliphatic rings. The number of benzene rings is 1. The number of hydrogen-bond donors (Lipinski definition) is 1. The highest BCUT2D eigenvalue weighted by molar-refractivity contribution is 7.93. The van der Waals surface area contributed by atoms with Crippen LogP contribution in [-0.4, -0.2) is 27.5 Å². The standard InChI is InChI=1S/C13H14FN3O2S/c1-15-11-7-8-16-9-13(11)20(18,19)17(2)12-6-4-3-5-10(12)14/h3-9H,1-2H3,(H,15,16). The molecule has 1 N–H and O–H groups in total. The van der Waals surface area contributed by atoms with Gasteiger partial charge in [0.2, 0.25) is 0 Å². The van der Waals surface area contributed by atoms with Crippen molar-refractivity contribution in [3.63, 3.8) is 0 Å². The van der Waals surface area contributed by atoms with Crippen LogP contribution in [0.1, 0.15) is 0 Å². The molecule has 0 spiro atoms. The topological polar surface area (TPSA) is 62.3 Å². The summed E-state index contributed by atoms with van der Waals surface area (Å²) in [6, 6.07) is 7.24. The molecule has 0 radical (unpaired) electrons. The SMILES string of the molecule is CNc1ccncc1S(=O)(=O)N(C)c1ccccc1F. The Morgan fingerprint density at radius 1 is 1.25 bits per heavy atom. The normalized spacial score (nSPS) is 11.2. The van der Waals surface area contributed by atoms with E-state index in [-0.39, 0.29) is 10.6 Å². The van der Waals surface area contributed by atoms with Gasteiger partial charge in [-0.1, -0.05) is 12.1 Å². The van der Waals surface area contributed by atoms with Crippen molar-refractivity contribution < 1.29 is 12.8 Å². The smallest absolute Gasteiger partial charge is 0.267 e. The van der Waals surface area contributed by atoms with Gasteiger partial charge in [-0.15, -0.1) is 0 Å². The molecule has 0 bridgehead atoms. The van der Waals surface area contributed by atoms with E-state index in [4.69, 9.17) is 0 Å². The van der Waals surface area contributed by atoms with Crippen LogP contribution in [0.2, 0.25) is 0 Å². The highest BCUT2D eigenvalue weighted by Crippen LogP contribution is 2.27. The molecule has 0 aliphatic carbocycles. The van der Waals surface area contributed by atoms with Crippen LogP contribution in [0.5, 0.6) is 0 Å². The molecule has 1 aromatic heterocycles. The number of nitrogens with zero attached hydrogens (tertiary/aromatic N) is 2. The molecule has 2 rings (SSSR count). The predicted molar refractivity (Wildman–Crippen MR) is 75.8 cm³/mol. The Balaban J connectivity index is 2.53. The zero-order valence-corrected chi connectivity index (χ0v) is 11.9. The molecule has 1 heterocycles. The van der Waals surface area contributed by atoms with Crippen LogP contribution in [0.15, 0.2) is 47.6 Å². The van der Waals surface area contributed by atoms with Crippen molar-refractivity contribution in [1.82, 2.24) is 4.98 Å². The monoisotopic (exact) mass is 295 g/mol. The summed E-state index contributed by atoms with van der Waals surface area (Å²) >= 11 is 0. The maximum atomic E-state index is 13.7. The van der Waals surface area contributed by atoms with Gasteiger partial charge in [0, 0.05) is 26.5 Å². The van der Waals surface area contributed by atoms with Crippen LogP contribution in [0, 0.1) is 5.82 Å². The van der Waals surface area contributed by atoms with Crippen molar-refractivity contribution in [3.8, 4) is 0 Å². The summed E-state index contributed by atoms with van der Waals surface area (Å²) in [4.78, 5) is 3.81. The summed E-state index contributed by atoms with van der Waals surface area (Å²) in [5.74, 6) is -0.603. The van der Waals surface area contributed by atoms with Crippen LogP contribution >= 0.6 is 0 Å². The highest BCUT2D eigenvalue weighted by atomic mass is 32.2.